The van der Waals surface area contributed by atoms with Gasteiger partial charge in [0.2, 0.25) is 26.9 Å². The number of H-pyrrole nitrogens is 2. The van der Waals surface area contributed by atoms with Gasteiger partial charge in [0.25, 0.3) is 5.91 Å². The van der Waals surface area contributed by atoms with Gasteiger partial charge in [0, 0.05) is 214 Å². The second-order valence-electron chi connectivity index (χ2n) is 32.9. The molecule has 29 heteroatoms. The van der Waals surface area contributed by atoms with Gasteiger partial charge in [-0.15, -0.1) is 0 Å². The lowest BCUT2D eigenvalue weighted by atomic mass is 9.91. The van der Waals surface area contributed by atoms with E-state index in [1.165, 1.54) is 62.4 Å². The molecule has 1 saturated carbocycles. The van der Waals surface area contributed by atoms with Crippen LogP contribution in [0.5, 0.6) is 0 Å². The van der Waals surface area contributed by atoms with Crippen molar-refractivity contribution >= 4 is 107 Å². The highest BCUT2D eigenvalue weighted by molar-refractivity contribution is 7.91. The minimum Gasteiger partial charge on any atom is -0.378 e. The zero-order chi connectivity index (χ0) is 89.3. The molecule has 10 aromatic heterocycles. The van der Waals surface area contributed by atoms with Crippen LogP contribution in [0.25, 0.3) is 67.6 Å². The molecule has 17 aromatic rings. The second kappa shape index (κ2) is 38.2. The predicted molar refractivity (Wildman–Crippen MR) is 518 cm³/mol. The Morgan fingerprint density at radius 2 is 0.832 bits per heavy atom. The lowest BCUT2D eigenvalue weighted by Crippen LogP contribution is -2.52. The van der Waals surface area contributed by atoms with E-state index in [0.717, 1.165) is 190 Å². The number of nitrogens with zero attached hydrogens (tertiary/aromatic N) is 13. The van der Waals surface area contributed by atoms with Crippen molar-refractivity contribution in [2.45, 2.75) is 55.0 Å². The maximum atomic E-state index is 12.8. The van der Waals surface area contributed by atoms with E-state index in [1.807, 2.05) is 127 Å². The van der Waals surface area contributed by atoms with Crippen LogP contribution in [0.4, 0.5) is 62.6 Å². The number of hydrogen-bond donors (Lipinski definition) is 8. The quantitative estimate of drug-likeness (QED) is 0.0331. The van der Waals surface area contributed by atoms with E-state index in [-0.39, 0.29) is 26.8 Å². The van der Waals surface area contributed by atoms with Gasteiger partial charge in [0.1, 0.15) is 0 Å². The van der Waals surface area contributed by atoms with E-state index in [2.05, 4.69) is 167 Å². The summed E-state index contributed by atoms with van der Waals surface area (Å²) in [6.45, 7) is 16.3. The molecule has 5 aliphatic rings. The summed E-state index contributed by atoms with van der Waals surface area (Å²) in [5.74, 6) is -0.467. The lowest BCUT2D eigenvalue weighted by molar-refractivity contribution is 0.0963. The van der Waals surface area contributed by atoms with E-state index < -0.39 is 15.7 Å². The summed E-state index contributed by atoms with van der Waals surface area (Å²) < 4.78 is 39.1. The number of imidazole rings is 4. The number of rotatable bonds is 21. The van der Waals surface area contributed by atoms with Crippen molar-refractivity contribution in [1.29, 1.82) is 0 Å². The summed E-state index contributed by atoms with van der Waals surface area (Å²) in [5, 5.41) is 16.7. The number of carbonyl (C=O) groups excluding carboxylic acids is 2. The van der Waals surface area contributed by atoms with Gasteiger partial charge in [0.05, 0.1) is 68.5 Å². The van der Waals surface area contributed by atoms with E-state index in [9.17, 15) is 27.6 Å². The number of carbonyl (C=O) groups is 2. The standard InChI is InChI=1S/C27H30N6O.C27H20N4O3S.C26H28N6O.C22H21N5O2/c1-2-14-31-16-18-32(19-17-31)23-9-7-22(8-10-23)30-24-11-12-25(33-15-13-29-27(24)33)20-3-5-21(6-4-20)26(28)34;32-27-23-11-6-18(16-19(23)17-29-27)25-13-12-24(26-28-14-15-31(25)26)30-20-7-9-22(10-8-20)35(33,34)21-4-2-1-3-5-21;33-25-18-19(10-11-27-25)24-9-8-23(26-28-12-13-32(24)26)29-20-4-6-22(7-5-20)31-16-14-30(15-17-31)21-2-1-3-21;28-21-15-16(7-8-23-21)20-6-5-19(22-24-9-10-27(20)22)25-17-1-3-18(4-2-17)26-11-13-29-14-12-26/h3-13,15,30H,2,14,16-19H2,1H3,(H2,28,34);1-16,30H,17H2,(H,29,32);4-13,18,21,29H,1-3,14-17H2,(H,27,33);1-10,15,25H,11-14H2,(H,23,28). The fourth-order valence-electron chi connectivity index (χ4n) is 17.6. The minimum absolute atomic E-state index is 0.0403. The van der Waals surface area contributed by atoms with Gasteiger partial charge in [0.15, 0.2) is 22.6 Å². The van der Waals surface area contributed by atoms with Crippen LogP contribution in [0.15, 0.2) is 324 Å². The molecule has 0 atom stereocenters. The number of sulfone groups is 1. The van der Waals surface area contributed by atoms with Crippen LogP contribution in [0.1, 0.15) is 58.9 Å². The molecule has 131 heavy (non-hydrogen) atoms. The smallest absolute Gasteiger partial charge is 0.251 e. The Bertz CT molecular complexity index is 7180. The highest BCUT2D eigenvalue weighted by atomic mass is 32.2. The molecule has 0 unspecified atom stereocenters. The lowest BCUT2D eigenvalue weighted by Gasteiger charge is -2.43. The monoisotopic (exact) mass is 1760 g/mol. The number of amides is 2. The molecule has 28 nitrogen and oxygen atoms in total. The fourth-order valence-corrected chi connectivity index (χ4v) is 18.9. The third-order valence-electron chi connectivity index (χ3n) is 24.7. The van der Waals surface area contributed by atoms with E-state index in [0.29, 0.717) is 17.7 Å². The first-order chi connectivity index (χ1) is 64.1. The van der Waals surface area contributed by atoms with Crippen LogP contribution in [0.3, 0.4) is 0 Å². The van der Waals surface area contributed by atoms with Crippen molar-refractivity contribution in [2.24, 2.45) is 5.73 Å². The number of nitrogens with two attached hydrogens (primary N) is 1. The topological polar surface area (TPSA) is 315 Å². The fraction of sp³-hybridized carbons (Fsp3) is 0.196. The second-order valence-corrected chi connectivity index (χ2v) is 34.9. The van der Waals surface area contributed by atoms with E-state index in [4.69, 9.17) is 10.5 Å². The first kappa shape index (κ1) is 85.0. The maximum Gasteiger partial charge on any atom is 0.251 e. The van der Waals surface area contributed by atoms with Crippen molar-refractivity contribution in [2.75, 3.05) is 121 Å². The molecule has 22 rings (SSSR count). The van der Waals surface area contributed by atoms with Gasteiger partial charge in [-0.3, -0.25) is 46.6 Å². The number of pyridine rings is 6. The SMILES string of the molecule is CCCN1CCN(c2ccc(Nc3ccc(-c4ccc(C(N)=O)cc4)n4ccnc34)cc2)CC1.O=C1NCc2cc(-c3ccc(Nc4ccc(S(=O)(=O)c5ccccc5)cc4)c4nccn34)ccc21.O=c1cc(-c2ccc(Nc3ccc(N4CCN(C5CCC5)CC4)cc3)c3nccn23)cc[nH]1.O=c1cc(-c2ccc(Nc3ccc(N4CCOCC4)cc3)c3nccn23)cc[nH]1. The number of fused-ring (bicyclic) bond motifs is 5. The average molecular weight is 1760 g/mol. The van der Waals surface area contributed by atoms with Crippen LogP contribution in [0.2, 0.25) is 0 Å². The molecule has 0 radical (unpaired) electrons. The highest BCUT2D eigenvalue weighted by Gasteiger charge is 2.29. The van der Waals surface area contributed by atoms with Crippen LogP contribution in [-0.4, -0.2) is 169 Å². The van der Waals surface area contributed by atoms with E-state index in [1.54, 1.807) is 116 Å². The van der Waals surface area contributed by atoms with E-state index >= 15 is 0 Å². The first-order valence-corrected chi connectivity index (χ1v) is 45.8. The van der Waals surface area contributed by atoms with Crippen LogP contribution in [0, 0.1) is 0 Å². The summed E-state index contributed by atoms with van der Waals surface area (Å²) in [7, 11) is -3.57. The van der Waals surface area contributed by atoms with Crippen LogP contribution >= 0.6 is 0 Å². The van der Waals surface area contributed by atoms with Crippen LogP contribution in [-0.2, 0) is 21.1 Å². The van der Waals surface area contributed by atoms with Crippen molar-refractivity contribution in [1.82, 2.24) is 62.6 Å². The minimum atomic E-state index is -3.57. The normalized spacial score (nSPS) is 14.7. The molecular weight excluding hydrogens is 1660 g/mol. The average Bonchev–Trinajstić information content (AvgIpc) is 1.66. The largest absolute Gasteiger partial charge is 0.378 e. The Morgan fingerprint density at radius 1 is 0.435 bits per heavy atom. The molecule has 1 aliphatic carbocycles. The molecule has 9 N–H and O–H groups in total. The van der Waals surface area contributed by atoms with Crippen molar-refractivity contribution in [3.63, 3.8) is 0 Å². The molecule has 0 bridgehead atoms. The maximum absolute atomic E-state index is 12.8. The number of benzene rings is 7. The highest BCUT2D eigenvalue weighted by Crippen LogP contribution is 2.37. The number of hydrogen-bond acceptors (Lipinski definition) is 20. The Kier molecular flexibility index (Phi) is 24.8. The van der Waals surface area contributed by atoms with Gasteiger partial charge < -0.3 is 61.7 Å². The number of primary amides is 1. The zero-order valence-corrected chi connectivity index (χ0v) is 73.1. The molecule has 14 heterocycles. The molecular formula is C102H99N21O7S. The molecule has 660 valence electrons. The van der Waals surface area contributed by atoms with Crippen molar-refractivity contribution < 1.29 is 22.7 Å². The molecule has 7 aromatic carbocycles. The Hall–Kier alpha value is -15.4. The Balaban J connectivity index is 0.000000113. The van der Waals surface area contributed by atoms with Crippen LogP contribution < -0.4 is 58.1 Å². The summed E-state index contributed by atoms with van der Waals surface area (Å²) in [5.41, 5.74) is 29.1. The number of ether oxygens (including phenoxy) is 1. The molecule has 4 fully saturated rings. The Morgan fingerprint density at radius 3 is 1.24 bits per heavy atom. The van der Waals surface area contributed by atoms with Crippen molar-refractivity contribution in [3.8, 4) is 45.0 Å². The summed E-state index contributed by atoms with van der Waals surface area (Å²) in [6, 6.07) is 77.8. The third-order valence-corrected chi connectivity index (χ3v) is 26.5. The van der Waals surface area contributed by atoms with Gasteiger partial charge in [-0.1, -0.05) is 49.7 Å². The number of nitrogens with one attached hydrogen (secondary N) is 7. The summed E-state index contributed by atoms with van der Waals surface area (Å²) in [6.07, 6.45) is 23.4. The van der Waals surface area contributed by atoms with Gasteiger partial charge in [-0.2, -0.15) is 0 Å². The first-order valence-electron chi connectivity index (χ1n) is 44.3. The number of aromatic amines is 2. The number of piperazine rings is 2. The zero-order valence-electron chi connectivity index (χ0n) is 72.3. The van der Waals surface area contributed by atoms with Crippen molar-refractivity contribution in [3.05, 3.63) is 342 Å². The molecule has 4 aliphatic heterocycles. The summed E-state index contributed by atoms with van der Waals surface area (Å²) in [4.78, 5) is 83.2. The summed E-state index contributed by atoms with van der Waals surface area (Å²) >= 11 is 0. The molecule has 2 amide bonds. The van der Waals surface area contributed by atoms with Gasteiger partial charge in [-0.25, -0.2) is 28.4 Å². The molecule has 0 spiro atoms. The predicted octanol–water partition coefficient (Wildman–Crippen LogP) is 16.6. The Labute approximate surface area is 756 Å². The van der Waals surface area contributed by atoms with Gasteiger partial charge in [-0.05, 0) is 237 Å². The number of anilines is 11. The number of morpholine rings is 1. The number of aromatic nitrogens is 10. The van der Waals surface area contributed by atoms with Gasteiger partial charge >= 0.3 is 0 Å². The third kappa shape index (κ3) is 18.8. The molecule has 3 saturated heterocycles.